The molecule has 1 amide bonds. The Morgan fingerprint density at radius 1 is 1.00 bits per heavy atom. The molecule has 134 valence electrons. The summed E-state index contributed by atoms with van der Waals surface area (Å²) in [5.41, 5.74) is 2.15. The molecule has 3 aromatic carbocycles. The predicted octanol–water partition coefficient (Wildman–Crippen LogP) is 5.70. The molecule has 0 heterocycles. The molecule has 4 nitrogen and oxygen atoms in total. The molecule has 0 unspecified atom stereocenters. The number of carbonyl (C=O) groups is 1. The topological polar surface area (TPSA) is 62.1 Å². The van der Waals surface area contributed by atoms with Crippen LogP contribution in [0.25, 0.3) is 0 Å². The number of para-hydroxylation sites is 1. The number of anilines is 1. The lowest BCUT2D eigenvalue weighted by molar-refractivity contribution is 0.102. The first-order valence-corrected chi connectivity index (χ1v) is 8.79. The SMILES string of the molecule is N#Cc1ccccc1NC(=O)c1cccc(OCc2ccc(Cl)c(Cl)c2)c1. The summed E-state index contributed by atoms with van der Waals surface area (Å²) < 4.78 is 5.74. The van der Waals surface area contributed by atoms with Crippen LogP contribution in [0.2, 0.25) is 10.0 Å². The number of halogens is 2. The molecule has 0 fully saturated rings. The summed E-state index contributed by atoms with van der Waals surface area (Å²) in [7, 11) is 0. The average Bonchev–Trinajstić information content (AvgIpc) is 2.69. The summed E-state index contributed by atoms with van der Waals surface area (Å²) in [4.78, 5) is 12.5. The summed E-state index contributed by atoms with van der Waals surface area (Å²) >= 11 is 11.9. The maximum atomic E-state index is 12.5. The Bertz CT molecular complexity index is 1030. The fourth-order valence-corrected chi connectivity index (χ4v) is 2.73. The van der Waals surface area contributed by atoms with Crippen LogP contribution in [0.15, 0.2) is 66.7 Å². The summed E-state index contributed by atoms with van der Waals surface area (Å²) in [5, 5.41) is 12.8. The van der Waals surface area contributed by atoms with Crippen molar-refractivity contribution < 1.29 is 9.53 Å². The van der Waals surface area contributed by atoms with Crippen LogP contribution in [0.3, 0.4) is 0 Å². The number of nitrogens with one attached hydrogen (secondary N) is 1. The zero-order chi connectivity index (χ0) is 19.2. The van der Waals surface area contributed by atoms with Gasteiger partial charge in [-0.1, -0.05) is 47.5 Å². The molecule has 0 spiro atoms. The molecule has 0 aliphatic rings. The minimum absolute atomic E-state index is 0.291. The number of nitrogens with zero attached hydrogens (tertiary/aromatic N) is 1. The van der Waals surface area contributed by atoms with E-state index in [1.807, 2.05) is 6.07 Å². The molecular formula is C21H14Cl2N2O2. The molecule has 0 radical (unpaired) electrons. The van der Waals surface area contributed by atoms with Crippen LogP contribution in [-0.4, -0.2) is 5.91 Å². The Morgan fingerprint density at radius 3 is 2.59 bits per heavy atom. The molecule has 0 saturated heterocycles. The number of nitriles is 1. The minimum Gasteiger partial charge on any atom is -0.489 e. The fourth-order valence-electron chi connectivity index (χ4n) is 2.41. The van der Waals surface area contributed by atoms with Gasteiger partial charge in [-0.05, 0) is 48.0 Å². The molecule has 27 heavy (non-hydrogen) atoms. The number of hydrogen-bond donors (Lipinski definition) is 1. The number of hydrogen-bond acceptors (Lipinski definition) is 3. The largest absolute Gasteiger partial charge is 0.489 e. The first-order chi connectivity index (χ1) is 13.1. The first-order valence-electron chi connectivity index (χ1n) is 8.04. The Balaban J connectivity index is 1.70. The summed E-state index contributed by atoms with van der Waals surface area (Å²) in [5.74, 6) is 0.222. The van der Waals surface area contributed by atoms with Gasteiger partial charge in [-0.15, -0.1) is 0 Å². The van der Waals surface area contributed by atoms with Crippen molar-refractivity contribution in [2.45, 2.75) is 6.61 Å². The predicted molar refractivity (Wildman–Crippen MR) is 106 cm³/mol. The van der Waals surface area contributed by atoms with E-state index >= 15 is 0 Å². The number of carbonyl (C=O) groups excluding carboxylic acids is 1. The van der Waals surface area contributed by atoms with E-state index in [1.54, 1.807) is 60.7 Å². The highest BCUT2D eigenvalue weighted by Crippen LogP contribution is 2.24. The first kappa shape index (κ1) is 18.8. The Kier molecular flexibility index (Phi) is 5.97. The highest BCUT2D eigenvalue weighted by Gasteiger charge is 2.10. The third-order valence-corrected chi connectivity index (χ3v) is 4.52. The van der Waals surface area contributed by atoms with Gasteiger partial charge in [0.05, 0.1) is 21.3 Å². The highest BCUT2D eigenvalue weighted by atomic mass is 35.5. The number of benzene rings is 3. The highest BCUT2D eigenvalue weighted by molar-refractivity contribution is 6.42. The Hall–Kier alpha value is -3.00. The monoisotopic (exact) mass is 396 g/mol. The average molecular weight is 397 g/mol. The van der Waals surface area contributed by atoms with Gasteiger partial charge >= 0.3 is 0 Å². The lowest BCUT2D eigenvalue weighted by atomic mass is 10.1. The molecule has 0 aliphatic carbocycles. The summed E-state index contributed by atoms with van der Waals surface area (Å²) in [6.45, 7) is 0.291. The fraction of sp³-hybridized carbons (Fsp3) is 0.0476. The van der Waals surface area contributed by atoms with E-state index in [0.29, 0.717) is 39.2 Å². The second-order valence-electron chi connectivity index (χ2n) is 5.68. The van der Waals surface area contributed by atoms with E-state index in [-0.39, 0.29) is 5.91 Å². The smallest absolute Gasteiger partial charge is 0.255 e. The van der Waals surface area contributed by atoms with Crippen molar-refractivity contribution in [2.24, 2.45) is 0 Å². The van der Waals surface area contributed by atoms with Crippen LogP contribution in [0.1, 0.15) is 21.5 Å². The van der Waals surface area contributed by atoms with E-state index in [9.17, 15) is 4.79 Å². The van der Waals surface area contributed by atoms with Crippen molar-refractivity contribution in [3.8, 4) is 11.8 Å². The number of amides is 1. The van der Waals surface area contributed by atoms with Gasteiger partial charge < -0.3 is 10.1 Å². The molecule has 0 saturated carbocycles. The summed E-state index contributed by atoms with van der Waals surface area (Å²) in [6, 6.07) is 21.0. The zero-order valence-corrected chi connectivity index (χ0v) is 15.6. The third-order valence-electron chi connectivity index (χ3n) is 3.78. The van der Waals surface area contributed by atoms with Gasteiger partial charge in [-0.3, -0.25) is 4.79 Å². The van der Waals surface area contributed by atoms with Gasteiger partial charge in [0, 0.05) is 5.56 Å². The van der Waals surface area contributed by atoms with Gasteiger partial charge in [0.15, 0.2) is 0 Å². The van der Waals surface area contributed by atoms with Crippen LogP contribution in [0.4, 0.5) is 5.69 Å². The molecule has 0 aromatic heterocycles. The van der Waals surface area contributed by atoms with Crippen molar-refractivity contribution >= 4 is 34.8 Å². The van der Waals surface area contributed by atoms with Crippen molar-refractivity contribution in [1.82, 2.24) is 0 Å². The lowest BCUT2D eigenvalue weighted by Crippen LogP contribution is -2.13. The van der Waals surface area contributed by atoms with E-state index < -0.39 is 0 Å². The second kappa shape index (κ2) is 8.59. The van der Waals surface area contributed by atoms with E-state index in [1.165, 1.54) is 0 Å². The normalized spacial score (nSPS) is 10.1. The molecule has 1 N–H and O–H groups in total. The maximum absolute atomic E-state index is 12.5. The molecule has 0 aliphatic heterocycles. The van der Waals surface area contributed by atoms with Gasteiger partial charge in [0.1, 0.15) is 18.4 Å². The number of ether oxygens (including phenoxy) is 1. The molecule has 3 aromatic rings. The molecule has 6 heteroatoms. The van der Waals surface area contributed by atoms with Gasteiger partial charge in [0.2, 0.25) is 0 Å². The van der Waals surface area contributed by atoms with E-state index in [0.717, 1.165) is 5.56 Å². The molecule has 0 atom stereocenters. The molecular weight excluding hydrogens is 383 g/mol. The third kappa shape index (κ3) is 4.79. The summed E-state index contributed by atoms with van der Waals surface area (Å²) in [6.07, 6.45) is 0. The van der Waals surface area contributed by atoms with Crippen LogP contribution in [0, 0.1) is 11.3 Å². The van der Waals surface area contributed by atoms with Crippen molar-refractivity contribution in [3.05, 3.63) is 93.5 Å². The van der Waals surface area contributed by atoms with Crippen LogP contribution >= 0.6 is 23.2 Å². The maximum Gasteiger partial charge on any atom is 0.255 e. The minimum atomic E-state index is -0.322. The number of rotatable bonds is 5. The second-order valence-corrected chi connectivity index (χ2v) is 6.49. The lowest BCUT2D eigenvalue weighted by Gasteiger charge is -2.10. The van der Waals surface area contributed by atoms with Gasteiger partial charge in [-0.25, -0.2) is 0 Å². The van der Waals surface area contributed by atoms with Gasteiger partial charge in [0.25, 0.3) is 5.91 Å². The van der Waals surface area contributed by atoms with E-state index in [2.05, 4.69) is 11.4 Å². The van der Waals surface area contributed by atoms with Crippen molar-refractivity contribution in [3.63, 3.8) is 0 Å². The Morgan fingerprint density at radius 2 is 1.81 bits per heavy atom. The zero-order valence-electron chi connectivity index (χ0n) is 14.1. The quantitative estimate of drug-likeness (QED) is 0.601. The van der Waals surface area contributed by atoms with Crippen LogP contribution in [-0.2, 0) is 6.61 Å². The van der Waals surface area contributed by atoms with Crippen molar-refractivity contribution in [1.29, 1.82) is 5.26 Å². The van der Waals surface area contributed by atoms with E-state index in [4.69, 9.17) is 33.2 Å². The van der Waals surface area contributed by atoms with Crippen molar-refractivity contribution in [2.75, 3.05) is 5.32 Å². The molecule has 3 rings (SSSR count). The van der Waals surface area contributed by atoms with Crippen LogP contribution < -0.4 is 10.1 Å². The standard InChI is InChI=1S/C21H14Cl2N2O2/c22-18-9-8-14(10-19(18)23)13-27-17-6-3-5-15(11-17)21(26)25-20-7-2-1-4-16(20)12-24/h1-11H,13H2,(H,25,26). The van der Waals surface area contributed by atoms with Crippen LogP contribution in [0.5, 0.6) is 5.75 Å². The Labute approximate surface area is 166 Å². The van der Waals surface area contributed by atoms with Gasteiger partial charge in [-0.2, -0.15) is 5.26 Å². The molecule has 0 bridgehead atoms.